The number of likely N-dealkylation sites (tertiary alicyclic amines) is 1. The molecule has 1 fully saturated rings. The molecule has 1 aromatic carbocycles. The number of piperidine rings is 1. The predicted molar refractivity (Wildman–Crippen MR) is 104 cm³/mol. The van der Waals surface area contributed by atoms with E-state index in [2.05, 4.69) is 60.6 Å². The summed E-state index contributed by atoms with van der Waals surface area (Å²) in [6, 6.07) is 9.14. The topological polar surface area (TPSA) is 27.3 Å². The molecule has 1 atom stereocenters. The average molecular weight is 334 g/mol. The quantitative estimate of drug-likeness (QED) is 0.756. The molecule has 0 bridgehead atoms. The minimum atomic E-state index is 0.502. The Kier molecular flexibility index (Phi) is 7.31. The molecular weight excluding hydrogens is 302 g/mol. The van der Waals surface area contributed by atoms with Gasteiger partial charge >= 0.3 is 0 Å². The number of rotatable bonds is 6. The first-order chi connectivity index (χ1) is 11.1. The van der Waals surface area contributed by atoms with Crippen LogP contribution in [0.5, 0.6) is 0 Å². The molecule has 0 aromatic heterocycles. The highest BCUT2D eigenvalue weighted by atomic mass is 32.1. The van der Waals surface area contributed by atoms with Crippen molar-refractivity contribution in [2.45, 2.75) is 58.4 Å². The van der Waals surface area contributed by atoms with E-state index in [0.717, 1.165) is 10.8 Å². The van der Waals surface area contributed by atoms with Crippen molar-refractivity contribution in [1.82, 2.24) is 10.2 Å². The van der Waals surface area contributed by atoms with Gasteiger partial charge in [-0.25, -0.2) is 0 Å². The Labute approximate surface area is 146 Å². The monoisotopic (exact) mass is 333 g/mol. The molecule has 3 nitrogen and oxygen atoms in total. The van der Waals surface area contributed by atoms with Crippen molar-refractivity contribution in [3.8, 4) is 0 Å². The number of anilines is 1. The molecule has 2 rings (SSSR count). The van der Waals surface area contributed by atoms with Gasteiger partial charge in [0.15, 0.2) is 5.11 Å². The average Bonchev–Trinajstić information content (AvgIpc) is 2.57. The Morgan fingerprint density at radius 3 is 2.43 bits per heavy atom. The molecule has 0 radical (unpaired) electrons. The fourth-order valence-corrected chi connectivity index (χ4v) is 3.38. The summed E-state index contributed by atoms with van der Waals surface area (Å²) < 4.78 is 0. The molecule has 128 valence electrons. The van der Waals surface area contributed by atoms with E-state index in [1.165, 1.54) is 50.9 Å². The summed E-state index contributed by atoms with van der Waals surface area (Å²) >= 11 is 5.47. The second-order valence-electron chi connectivity index (χ2n) is 6.65. The summed E-state index contributed by atoms with van der Waals surface area (Å²) in [5, 5.41) is 7.53. The van der Waals surface area contributed by atoms with Gasteiger partial charge in [0.25, 0.3) is 0 Å². The predicted octanol–water partition coefficient (Wildman–Crippen LogP) is 4.36. The van der Waals surface area contributed by atoms with Gasteiger partial charge in [-0.1, -0.05) is 32.9 Å². The number of benzene rings is 1. The van der Waals surface area contributed by atoms with Crippen molar-refractivity contribution in [2.75, 3.05) is 25.0 Å². The van der Waals surface area contributed by atoms with E-state index in [9.17, 15) is 0 Å². The van der Waals surface area contributed by atoms with Crippen molar-refractivity contribution in [3.05, 3.63) is 29.8 Å². The van der Waals surface area contributed by atoms with Gasteiger partial charge in [0, 0.05) is 24.8 Å². The van der Waals surface area contributed by atoms with E-state index >= 15 is 0 Å². The van der Waals surface area contributed by atoms with Crippen LogP contribution >= 0.6 is 12.2 Å². The van der Waals surface area contributed by atoms with E-state index < -0.39 is 0 Å². The van der Waals surface area contributed by atoms with Crippen LogP contribution in [0.1, 0.15) is 57.9 Å². The fourth-order valence-electron chi connectivity index (χ4n) is 3.10. The van der Waals surface area contributed by atoms with Gasteiger partial charge < -0.3 is 15.5 Å². The lowest BCUT2D eigenvalue weighted by molar-refractivity contribution is 0.207. The Bertz CT molecular complexity index is 478. The summed E-state index contributed by atoms with van der Waals surface area (Å²) in [7, 11) is 0. The zero-order valence-corrected chi connectivity index (χ0v) is 15.6. The number of nitrogens with zero attached hydrogens (tertiary/aromatic N) is 1. The molecule has 0 amide bonds. The molecular formula is C19H31N3S. The van der Waals surface area contributed by atoms with Crippen LogP contribution in [0.2, 0.25) is 0 Å². The molecule has 1 aliphatic rings. The normalized spacial score (nSPS) is 17.7. The molecule has 1 aromatic rings. The van der Waals surface area contributed by atoms with Gasteiger partial charge in [-0.3, -0.25) is 0 Å². The second kappa shape index (κ2) is 9.24. The molecule has 23 heavy (non-hydrogen) atoms. The van der Waals surface area contributed by atoms with Gasteiger partial charge in [-0.2, -0.15) is 0 Å². The summed E-state index contributed by atoms with van der Waals surface area (Å²) in [6.07, 6.45) is 4.76. The van der Waals surface area contributed by atoms with Crippen molar-refractivity contribution >= 4 is 23.0 Å². The Hall–Kier alpha value is -1.13. The number of hydrogen-bond donors (Lipinski definition) is 2. The van der Waals surface area contributed by atoms with E-state index in [1.54, 1.807) is 0 Å². The van der Waals surface area contributed by atoms with Crippen LogP contribution in [-0.2, 0) is 0 Å². The smallest absolute Gasteiger partial charge is 0.170 e. The highest BCUT2D eigenvalue weighted by molar-refractivity contribution is 7.80. The molecule has 0 unspecified atom stereocenters. The van der Waals surface area contributed by atoms with Crippen LogP contribution in [0.15, 0.2) is 24.3 Å². The molecule has 1 aliphatic heterocycles. The first-order valence-electron chi connectivity index (χ1n) is 9.02. The van der Waals surface area contributed by atoms with E-state index in [-0.39, 0.29) is 0 Å². The van der Waals surface area contributed by atoms with Gasteiger partial charge in [0.1, 0.15) is 0 Å². The lowest BCUT2D eigenvalue weighted by atomic mass is 9.99. The summed E-state index contributed by atoms with van der Waals surface area (Å²) in [6.45, 7) is 10.3. The lowest BCUT2D eigenvalue weighted by Gasteiger charge is -2.32. The first-order valence-corrected chi connectivity index (χ1v) is 9.43. The summed E-state index contributed by atoms with van der Waals surface area (Å²) in [4.78, 5) is 2.54. The van der Waals surface area contributed by atoms with Crippen molar-refractivity contribution in [2.24, 2.45) is 0 Å². The maximum absolute atomic E-state index is 5.47. The molecule has 1 heterocycles. The Morgan fingerprint density at radius 1 is 1.22 bits per heavy atom. The molecule has 0 aliphatic carbocycles. The third kappa shape index (κ3) is 5.78. The third-order valence-corrected chi connectivity index (χ3v) is 5.03. The van der Waals surface area contributed by atoms with E-state index in [1.807, 2.05) is 0 Å². The minimum Gasteiger partial charge on any atom is -0.360 e. The van der Waals surface area contributed by atoms with Crippen molar-refractivity contribution in [3.63, 3.8) is 0 Å². The molecule has 0 spiro atoms. The van der Waals surface area contributed by atoms with Crippen LogP contribution in [0.4, 0.5) is 5.69 Å². The second-order valence-corrected chi connectivity index (χ2v) is 7.05. The van der Waals surface area contributed by atoms with Crippen LogP contribution in [0.25, 0.3) is 0 Å². The van der Waals surface area contributed by atoms with Crippen LogP contribution in [0, 0.1) is 0 Å². The molecule has 2 N–H and O–H groups in total. The maximum Gasteiger partial charge on any atom is 0.170 e. The maximum atomic E-state index is 5.47. The zero-order chi connectivity index (χ0) is 16.7. The lowest BCUT2D eigenvalue weighted by Crippen LogP contribution is -2.45. The van der Waals surface area contributed by atoms with E-state index in [4.69, 9.17) is 12.2 Å². The van der Waals surface area contributed by atoms with Crippen LogP contribution < -0.4 is 10.6 Å². The molecule has 1 saturated heterocycles. The van der Waals surface area contributed by atoms with Gasteiger partial charge in [-0.05, 0) is 68.1 Å². The minimum absolute atomic E-state index is 0.502. The number of nitrogens with one attached hydrogen (secondary N) is 2. The summed E-state index contributed by atoms with van der Waals surface area (Å²) in [5.41, 5.74) is 2.46. The Balaban J connectivity index is 1.77. The van der Waals surface area contributed by atoms with Gasteiger partial charge in [-0.15, -0.1) is 0 Å². The third-order valence-electron chi connectivity index (χ3n) is 4.81. The largest absolute Gasteiger partial charge is 0.360 e. The zero-order valence-electron chi connectivity index (χ0n) is 14.8. The highest BCUT2D eigenvalue weighted by Gasteiger charge is 2.18. The molecule has 4 heteroatoms. The SMILES string of the molecule is CCCN1CCC(NC(=S)Nc2ccc([C@H](C)CC)cc2)CC1. The van der Waals surface area contributed by atoms with Crippen LogP contribution in [-0.4, -0.2) is 35.7 Å². The highest BCUT2D eigenvalue weighted by Crippen LogP contribution is 2.20. The summed E-state index contributed by atoms with van der Waals surface area (Å²) in [5.74, 6) is 0.613. The van der Waals surface area contributed by atoms with Gasteiger partial charge in [0.2, 0.25) is 0 Å². The standard InChI is InChI=1S/C19H31N3S/c1-4-12-22-13-10-18(11-14-22)21-19(23)20-17-8-6-16(7-9-17)15(3)5-2/h6-9,15,18H,4-5,10-14H2,1-3H3,(H2,20,21,23)/t15-/m1/s1. The fraction of sp³-hybridized carbons (Fsp3) is 0.632. The van der Waals surface area contributed by atoms with E-state index in [0.29, 0.717) is 12.0 Å². The first kappa shape index (κ1) is 18.2. The van der Waals surface area contributed by atoms with Crippen molar-refractivity contribution < 1.29 is 0 Å². The molecule has 0 saturated carbocycles. The van der Waals surface area contributed by atoms with Gasteiger partial charge in [0.05, 0.1) is 0 Å². The van der Waals surface area contributed by atoms with Crippen LogP contribution in [0.3, 0.4) is 0 Å². The number of thiocarbonyl (C=S) groups is 1. The van der Waals surface area contributed by atoms with Crippen molar-refractivity contribution in [1.29, 1.82) is 0 Å². The Morgan fingerprint density at radius 2 is 1.87 bits per heavy atom. The number of hydrogen-bond acceptors (Lipinski definition) is 2.